The lowest BCUT2D eigenvalue weighted by atomic mass is 9.72. The molecule has 1 aliphatic rings. The van der Waals surface area contributed by atoms with Gasteiger partial charge in [0.05, 0.1) is 0 Å². The van der Waals surface area contributed by atoms with Crippen LogP contribution in [-0.2, 0) is 0 Å². The normalized spacial score (nSPS) is 33.4. The maximum atomic E-state index is 3.75. The van der Waals surface area contributed by atoms with Crippen molar-refractivity contribution >= 4 is 0 Å². The summed E-state index contributed by atoms with van der Waals surface area (Å²) >= 11 is 0. The zero-order chi connectivity index (χ0) is 12.8. The van der Waals surface area contributed by atoms with Gasteiger partial charge < -0.3 is 5.32 Å². The summed E-state index contributed by atoms with van der Waals surface area (Å²) in [5, 5.41) is 3.75. The maximum Gasteiger partial charge on any atom is 0.00978 e. The van der Waals surface area contributed by atoms with E-state index in [9.17, 15) is 0 Å². The monoisotopic (exact) mass is 239 g/mol. The van der Waals surface area contributed by atoms with Gasteiger partial charge in [-0.25, -0.2) is 0 Å². The van der Waals surface area contributed by atoms with E-state index in [1.807, 2.05) is 0 Å². The summed E-state index contributed by atoms with van der Waals surface area (Å²) in [7, 11) is 0. The topological polar surface area (TPSA) is 12.0 Å². The summed E-state index contributed by atoms with van der Waals surface area (Å²) < 4.78 is 0. The summed E-state index contributed by atoms with van der Waals surface area (Å²) in [5.74, 6) is 3.66. The number of nitrogens with one attached hydrogen (secondary N) is 1. The van der Waals surface area contributed by atoms with Crippen molar-refractivity contribution in [3.05, 3.63) is 0 Å². The zero-order valence-corrected chi connectivity index (χ0v) is 12.6. The number of hydrogen-bond acceptors (Lipinski definition) is 1. The molecule has 1 nitrogen and oxygen atoms in total. The van der Waals surface area contributed by atoms with Gasteiger partial charge in [0, 0.05) is 6.04 Å². The predicted molar refractivity (Wildman–Crippen MR) is 77.2 cm³/mol. The molecular formula is C16H33N. The summed E-state index contributed by atoms with van der Waals surface area (Å²) in [5.41, 5.74) is 0. The Morgan fingerprint density at radius 2 is 1.82 bits per heavy atom. The minimum atomic E-state index is 0.768. The van der Waals surface area contributed by atoms with E-state index in [0.29, 0.717) is 0 Å². The highest BCUT2D eigenvalue weighted by Crippen LogP contribution is 2.36. The lowest BCUT2D eigenvalue weighted by Crippen LogP contribution is -2.40. The van der Waals surface area contributed by atoms with E-state index >= 15 is 0 Å². The molecule has 0 aromatic rings. The van der Waals surface area contributed by atoms with Crippen molar-refractivity contribution in [3.8, 4) is 0 Å². The average Bonchev–Trinajstić information content (AvgIpc) is 2.32. The average molecular weight is 239 g/mol. The summed E-state index contributed by atoms with van der Waals surface area (Å²) in [6, 6.07) is 0.768. The van der Waals surface area contributed by atoms with Crippen LogP contribution in [0.2, 0.25) is 0 Å². The third kappa shape index (κ3) is 4.62. The lowest BCUT2D eigenvalue weighted by Gasteiger charge is -2.38. The second-order valence-corrected chi connectivity index (χ2v) is 6.44. The molecule has 0 bridgehead atoms. The second kappa shape index (κ2) is 7.41. The molecule has 1 heteroatoms. The predicted octanol–water partition coefficient (Wildman–Crippen LogP) is 4.47. The molecule has 0 aliphatic heterocycles. The van der Waals surface area contributed by atoms with Crippen molar-refractivity contribution < 1.29 is 0 Å². The van der Waals surface area contributed by atoms with Crippen molar-refractivity contribution in [1.82, 2.24) is 5.32 Å². The highest BCUT2D eigenvalue weighted by atomic mass is 14.9. The molecule has 0 radical (unpaired) electrons. The van der Waals surface area contributed by atoms with Crippen LogP contribution in [0.15, 0.2) is 0 Å². The van der Waals surface area contributed by atoms with Crippen molar-refractivity contribution in [2.45, 2.75) is 72.8 Å². The molecular weight excluding hydrogens is 206 g/mol. The molecule has 0 spiro atoms. The van der Waals surface area contributed by atoms with E-state index in [1.165, 1.54) is 32.1 Å². The molecule has 0 saturated heterocycles. The van der Waals surface area contributed by atoms with E-state index in [2.05, 4.69) is 39.9 Å². The molecule has 1 saturated carbocycles. The molecule has 5 atom stereocenters. The summed E-state index contributed by atoms with van der Waals surface area (Å²) in [6.45, 7) is 13.0. The van der Waals surface area contributed by atoms with Crippen LogP contribution >= 0.6 is 0 Å². The van der Waals surface area contributed by atoms with Crippen LogP contribution in [0.5, 0.6) is 0 Å². The first-order chi connectivity index (χ1) is 8.08. The minimum absolute atomic E-state index is 0.768. The van der Waals surface area contributed by atoms with Gasteiger partial charge >= 0.3 is 0 Å². The Morgan fingerprint density at radius 1 is 1.12 bits per heavy atom. The second-order valence-electron chi connectivity index (χ2n) is 6.44. The van der Waals surface area contributed by atoms with Gasteiger partial charge in [-0.2, -0.15) is 0 Å². The van der Waals surface area contributed by atoms with E-state index in [0.717, 1.165) is 36.3 Å². The molecule has 5 unspecified atom stereocenters. The van der Waals surface area contributed by atoms with Crippen LogP contribution in [0.25, 0.3) is 0 Å². The van der Waals surface area contributed by atoms with E-state index in [4.69, 9.17) is 0 Å². The maximum absolute atomic E-state index is 3.75. The van der Waals surface area contributed by atoms with Gasteiger partial charge in [-0.05, 0) is 49.5 Å². The van der Waals surface area contributed by atoms with Crippen molar-refractivity contribution in [2.24, 2.45) is 23.7 Å². The summed E-state index contributed by atoms with van der Waals surface area (Å²) in [4.78, 5) is 0. The fraction of sp³-hybridized carbons (Fsp3) is 1.00. The van der Waals surface area contributed by atoms with Crippen LogP contribution in [0.1, 0.15) is 66.7 Å². The quantitative estimate of drug-likeness (QED) is 0.721. The van der Waals surface area contributed by atoms with Crippen LogP contribution in [-0.4, -0.2) is 12.6 Å². The third-order valence-corrected chi connectivity index (χ3v) is 5.03. The first-order valence-corrected chi connectivity index (χ1v) is 7.81. The largest absolute Gasteiger partial charge is 0.314 e. The van der Waals surface area contributed by atoms with Gasteiger partial charge in [0.1, 0.15) is 0 Å². The Kier molecular flexibility index (Phi) is 6.54. The minimum Gasteiger partial charge on any atom is -0.314 e. The Balaban J connectivity index is 2.51. The van der Waals surface area contributed by atoms with Gasteiger partial charge in [-0.3, -0.25) is 0 Å². The molecule has 102 valence electrons. The fourth-order valence-corrected chi connectivity index (χ4v) is 3.26. The number of hydrogen-bond donors (Lipinski definition) is 1. The first-order valence-electron chi connectivity index (χ1n) is 7.81. The molecule has 1 fully saturated rings. The Morgan fingerprint density at radius 3 is 2.35 bits per heavy atom. The fourth-order valence-electron chi connectivity index (χ4n) is 3.26. The molecule has 1 N–H and O–H groups in total. The number of rotatable bonds is 6. The first kappa shape index (κ1) is 15.0. The SMILES string of the molecule is CCNC(CC(C)CC)C1CCC(C)C(C)C1. The van der Waals surface area contributed by atoms with Gasteiger partial charge in [-0.15, -0.1) is 0 Å². The van der Waals surface area contributed by atoms with E-state index in [1.54, 1.807) is 0 Å². The van der Waals surface area contributed by atoms with E-state index in [-0.39, 0.29) is 0 Å². The van der Waals surface area contributed by atoms with Crippen molar-refractivity contribution in [2.75, 3.05) is 6.54 Å². The highest BCUT2D eigenvalue weighted by Gasteiger charge is 2.30. The van der Waals surface area contributed by atoms with Crippen LogP contribution < -0.4 is 5.32 Å². The molecule has 0 aromatic carbocycles. The lowest BCUT2D eigenvalue weighted by molar-refractivity contribution is 0.158. The smallest absolute Gasteiger partial charge is 0.00978 e. The van der Waals surface area contributed by atoms with Gasteiger partial charge in [-0.1, -0.05) is 47.5 Å². The standard InChI is InChI=1S/C16H33N/c1-6-12(3)10-16(17-7-2)15-9-8-13(4)14(5)11-15/h12-17H,6-11H2,1-5H3. The Bertz CT molecular complexity index is 202. The molecule has 0 aromatic heterocycles. The van der Waals surface area contributed by atoms with Gasteiger partial charge in [0.15, 0.2) is 0 Å². The Hall–Kier alpha value is -0.0400. The van der Waals surface area contributed by atoms with Gasteiger partial charge in [0.25, 0.3) is 0 Å². The summed E-state index contributed by atoms with van der Waals surface area (Å²) in [6.07, 6.45) is 7.01. The zero-order valence-electron chi connectivity index (χ0n) is 12.6. The van der Waals surface area contributed by atoms with E-state index < -0.39 is 0 Å². The highest BCUT2D eigenvalue weighted by molar-refractivity contribution is 4.84. The van der Waals surface area contributed by atoms with Crippen LogP contribution in [0, 0.1) is 23.7 Å². The molecule has 17 heavy (non-hydrogen) atoms. The molecule has 0 heterocycles. The van der Waals surface area contributed by atoms with Crippen LogP contribution in [0.3, 0.4) is 0 Å². The molecule has 1 aliphatic carbocycles. The third-order valence-electron chi connectivity index (χ3n) is 5.03. The molecule has 0 amide bonds. The Labute approximate surface area is 109 Å². The van der Waals surface area contributed by atoms with Gasteiger partial charge in [0.2, 0.25) is 0 Å². The molecule has 1 rings (SSSR count). The van der Waals surface area contributed by atoms with Crippen molar-refractivity contribution in [3.63, 3.8) is 0 Å². The van der Waals surface area contributed by atoms with Crippen LogP contribution in [0.4, 0.5) is 0 Å². The van der Waals surface area contributed by atoms with Crippen molar-refractivity contribution in [1.29, 1.82) is 0 Å².